The summed E-state index contributed by atoms with van der Waals surface area (Å²) in [7, 11) is 0. The molecule has 0 radical (unpaired) electrons. The average Bonchev–Trinajstić information content (AvgIpc) is 3.12. The molecule has 0 fully saturated rings. The van der Waals surface area contributed by atoms with Gasteiger partial charge in [-0.3, -0.25) is 4.98 Å². The van der Waals surface area contributed by atoms with Gasteiger partial charge in [0.1, 0.15) is 0 Å². The van der Waals surface area contributed by atoms with Crippen molar-refractivity contribution in [1.29, 1.82) is 0 Å². The first-order valence-electron chi connectivity index (χ1n) is 7.58. The molecule has 3 rings (SSSR count). The zero-order valence-electron chi connectivity index (χ0n) is 13.7. The van der Waals surface area contributed by atoms with Crippen molar-refractivity contribution in [2.24, 2.45) is 0 Å². The zero-order valence-corrected chi connectivity index (χ0v) is 14.5. The summed E-state index contributed by atoms with van der Waals surface area (Å²) in [5.41, 5.74) is -0.237. The van der Waals surface area contributed by atoms with Gasteiger partial charge in [-0.05, 0) is 30.7 Å². The number of rotatable bonds is 4. The molecule has 0 aliphatic carbocycles. The third-order valence-corrected chi connectivity index (χ3v) is 3.58. The summed E-state index contributed by atoms with van der Waals surface area (Å²) in [4.78, 5) is 23.7. The molecule has 3 heterocycles. The lowest BCUT2D eigenvalue weighted by Crippen LogP contribution is -2.09. The zero-order chi connectivity index (χ0) is 19.6. The molecular formula is C16H11ClF3N5O2. The first kappa shape index (κ1) is 18.8. The predicted molar refractivity (Wildman–Crippen MR) is 88.4 cm³/mol. The van der Waals surface area contributed by atoms with E-state index in [-0.39, 0.29) is 28.8 Å². The van der Waals surface area contributed by atoms with Crippen LogP contribution in [0.2, 0.25) is 5.28 Å². The Hall–Kier alpha value is -3.01. The van der Waals surface area contributed by atoms with Gasteiger partial charge in [0.25, 0.3) is 0 Å². The van der Waals surface area contributed by atoms with Crippen molar-refractivity contribution in [1.82, 2.24) is 24.7 Å². The molecule has 0 atom stereocenters. The lowest BCUT2D eigenvalue weighted by Gasteiger charge is -2.10. The molecule has 0 aromatic carbocycles. The van der Waals surface area contributed by atoms with Gasteiger partial charge in [0.05, 0.1) is 12.2 Å². The van der Waals surface area contributed by atoms with Gasteiger partial charge in [-0.25, -0.2) is 14.5 Å². The first-order chi connectivity index (χ1) is 12.8. The molecule has 3 aromatic rings. The van der Waals surface area contributed by atoms with Crippen molar-refractivity contribution in [3.63, 3.8) is 0 Å². The third kappa shape index (κ3) is 4.05. The van der Waals surface area contributed by atoms with Crippen LogP contribution in [0.4, 0.5) is 13.2 Å². The minimum absolute atomic E-state index is 0.00769. The van der Waals surface area contributed by atoms with Gasteiger partial charge >= 0.3 is 12.1 Å². The quantitative estimate of drug-likeness (QED) is 0.494. The Balaban J connectivity index is 2.09. The van der Waals surface area contributed by atoms with Crippen LogP contribution in [-0.4, -0.2) is 37.3 Å². The molecule has 0 saturated carbocycles. The molecular weight excluding hydrogens is 387 g/mol. The van der Waals surface area contributed by atoms with Gasteiger partial charge in [-0.2, -0.15) is 23.3 Å². The van der Waals surface area contributed by atoms with Gasteiger partial charge in [0.15, 0.2) is 11.5 Å². The standard InChI is InChI=1S/C16H11ClF3N5O2/c1-2-27-14(26)10-5-9(6-21-7-10)11-8-22-15(17)23-13(11)25-4-3-12(24-25)16(18,19)20/h3-8H,2H2,1H3. The van der Waals surface area contributed by atoms with Crippen LogP contribution in [0.15, 0.2) is 36.9 Å². The smallest absolute Gasteiger partial charge is 0.435 e. The van der Waals surface area contributed by atoms with Crippen LogP contribution in [0.1, 0.15) is 23.0 Å². The monoisotopic (exact) mass is 397 g/mol. The number of esters is 1. The number of alkyl halides is 3. The van der Waals surface area contributed by atoms with Crippen LogP contribution in [-0.2, 0) is 10.9 Å². The highest BCUT2D eigenvalue weighted by Gasteiger charge is 2.34. The third-order valence-electron chi connectivity index (χ3n) is 3.40. The maximum atomic E-state index is 12.8. The number of carbonyl (C=O) groups is 1. The highest BCUT2D eigenvalue weighted by molar-refractivity contribution is 6.28. The van der Waals surface area contributed by atoms with E-state index in [0.717, 1.165) is 16.9 Å². The van der Waals surface area contributed by atoms with E-state index in [9.17, 15) is 18.0 Å². The summed E-state index contributed by atoms with van der Waals surface area (Å²) in [6, 6.07) is 2.28. The van der Waals surface area contributed by atoms with Gasteiger partial charge in [0.2, 0.25) is 5.28 Å². The number of carbonyl (C=O) groups excluding carboxylic acids is 1. The number of pyridine rings is 1. The Morgan fingerprint density at radius 3 is 2.74 bits per heavy atom. The Kier molecular flexibility index (Phi) is 5.08. The maximum absolute atomic E-state index is 12.8. The van der Waals surface area contributed by atoms with Crippen molar-refractivity contribution >= 4 is 17.6 Å². The second kappa shape index (κ2) is 7.31. The van der Waals surface area contributed by atoms with Crippen LogP contribution >= 0.6 is 11.6 Å². The maximum Gasteiger partial charge on any atom is 0.435 e. The molecule has 0 unspecified atom stereocenters. The van der Waals surface area contributed by atoms with Gasteiger partial charge in [0, 0.05) is 35.9 Å². The molecule has 0 N–H and O–H groups in total. The van der Waals surface area contributed by atoms with E-state index in [2.05, 4.69) is 20.1 Å². The summed E-state index contributed by atoms with van der Waals surface area (Å²) in [5.74, 6) is -0.574. The summed E-state index contributed by atoms with van der Waals surface area (Å²) in [6.07, 6.45) is 0.535. The summed E-state index contributed by atoms with van der Waals surface area (Å²) in [5, 5.41) is 3.32. The number of hydrogen-bond donors (Lipinski definition) is 0. The lowest BCUT2D eigenvalue weighted by atomic mass is 10.1. The minimum Gasteiger partial charge on any atom is -0.462 e. The minimum atomic E-state index is -4.60. The fourth-order valence-electron chi connectivity index (χ4n) is 2.24. The normalized spacial score (nSPS) is 11.4. The topological polar surface area (TPSA) is 82.8 Å². The molecule has 0 saturated heterocycles. The molecule has 7 nitrogen and oxygen atoms in total. The molecule has 3 aromatic heterocycles. The number of nitrogens with zero attached hydrogens (tertiary/aromatic N) is 5. The number of hydrogen-bond acceptors (Lipinski definition) is 6. The van der Waals surface area contributed by atoms with Crippen LogP contribution in [0.25, 0.3) is 16.9 Å². The Morgan fingerprint density at radius 2 is 2.07 bits per heavy atom. The fourth-order valence-corrected chi connectivity index (χ4v) is 2.37. The Bertz CT molecular complexity index is 990. The van der Waals surface area contributed by atoms with Crippen LogP contribution in [0.5, 0.6) is 0 Å². The number of ether oxygens (including phenoxy) is 1. The molecule has 0 aliphatic rings. The average molecular weight is 398 g/mol. The number of halogens is 4. The van der Waals surface area contributed by atoms with Crippen molar-refractivity contribution in [3.8, 4) is 16.9 Å². The van der Waals surface area contributed by atoms with E-state index in [1.807, 2.05) is 0 Å². The molecule has 27 heavy (non-hydrogen) atoms. The molecule has 11 heteroatoms. The van der Waals surface area contributed by atoms with Gasteiger partial charge in [-0.1, -0.05) is 0 Å². The van der Waals surface area contributed by atoms with E-state index in [1.54, 1.807) is 6.92 Å². The first-order valence-corrected chi connectivity index (χ1v) is 7.95. The summed E-state index contributed by atoms with van der Waals surface area (Å²) < 4.78 is 44.4. The lowest BCUT2D eigenvalue weighted by molar-refractivity contribution is -0.141. The highest BCUT2D eigenvalue weighted by atomic mass is 35.5. The molecule has 0 amide bonds. The van der Waals surface area contributed by atoms with Crippen LogP contribution in [0, 0.1) is 0 Å². The SMILES string of the molecule is CCOC(=O)c1cncc(-c2cnc(Cl)nc2-n2ccc(C(F)(F)F)n2)c1. The summed E-state index contributed by atoms with van der Waals surface area (Å²) >= 11 is 5.80. The van der Waals surface area contributed by atoms with E-state index in [0.29, 0.717) is 5.56 Å². The van der Waals surface area contributed by atoms with E-state index in [1.165, 1.54) is 24.7 Å². The number of aromatic nitrogens is 5. The van der Waals surface area contributed by atoms with Crippen LogP contribution < -0.4 is 0 Å². The van der Waals surface area contributed by atoms with Crippen LogP contribution in [0.3, 0.4) is 0 Å². The second-order valence-electron chi connectivity index (χ2n) is 5.20. The van der Waals surface area contributed by atoms with Gasteiger partial charge in [-0.15, -0.1) is 0 Å². The highest BCUT2D eigenvalue weighted by Crippen LogP contribution is 2.30. The molecule has 140 valence electrons. The van der Waals surface area contributed by atoms with Crippen molar-refractivity contribution in [2.45, 2.75) is 13.1 Å². The van der Waals surface area contributed by atoms with E-state index >= 15 is 0 Å². The fraction of sp³-hybridized carbons (Fsp3) is 0.188. The van der Waals surface area contributed by atoms with Crippen molar-refractivity contribution in [3.05, 3.63) is 53.5 Å². The largest absolute Gasteiger partial charge is 0.462 e. The Morgan fingerprint density at radius 1 is 1.30 bits per heavy atom. The van der Waals surface area contributed by atoms with E-state index in [4.69, 9.17) is 16.3 Å². The van der Waals surface area contributed by atoms with Crippen molar-refractivity contribution in [2.75, 3.05) is 6.61 Å². The Labute approximate surface area is 155 Å². The molecule has 0 aliphatic heterocycles. The summed E-state index contributed by atoms with van der Waals surface area (Å²) in [6.45, 7) is 1.85. The molecule has 0 spiro atoms. The molecule has 0 bridgehead atoms. The van der Waals surface area contributed by atoms with Gasteiger partial charge < -0.3 is 4.74 Å². The predicted octanol–water partition coefficient (Wildman–Crippen LogP) is 3.57. The van der Waals surface area contributed by atoms with E-state index < -0.39 is 17.8 Å². The van der Waals surface area contributed by atoms with Crippen molar-refractivity contribution < 1.29 is 22.7 Å². The second-order valence-corrected chi connectivity index (χ2v) is 5.54.